The molecule has 0 bridgehead atoms. The minimum Gasteiger partial charge on any atom is -0.480 e. The number of rotatable bonds is 7. The van der Waals surface area contributed by atoms with Crippen LogP contribution in [0.25, 0.3) is 0 Å². The van der Waals surface area contributed by atoms with Gasteiger partial charge in [0.2, 0.25) is 0 Å². The fourth-order valence-corrected chi connectivity index (χ4v) is 1.80. The first kappa shape index (κ1) is 15.9. The third-order valence-electron chi connectivity index (χ3n) is 2.97. The van der Waals surface area contributed by atoms with Gasteiger partial charge >= 0.3 is 5.97 Å². The number of hydrogen-bond donors (Lipinski definition) is 2. The maximum atomic E-state index is 11.9. The molecule has 1 rings (SSSR count). The Bertz CT molecular complexity index is 493. The zero-order valence-electron chi connectivity index (χ0n) is 11.7. The van der Waals surface area contributed by atoms with Crippen molar-refractivity contribution in [2.45, 2.75) is 39.2 Å². The lowest BCUT2D eigenvalue weighted by Gasteiger charge is -2.13. The second kappa shape index (κ2) is 7.43. The van der Waals surface area contributed by atoms with Gasteiger partial charge < -0.3 is 10.4 Å². The molecule has 5 heteroatoms. The van der Waals surface area contributed by atoms with E-state index in [1.165, 1.54) is 12.1 Å². The van der Waals surface area contributed by atoms with E-state index in [-0.39, 0.29) is 5.78 Å². The number of carbonyl (C=O) groups excluding carboxylic acids is 2. The van der Waals surface area contributed by atoms with E-state index in [0.29, 0.717) is 30.4 Å². The first-order chi connectivity index (χ1) is 9.49. The smallest absolute Gasteiger partial charge is 0.326 e. The van der Waals surface area contributed by atoms with Crippen LogP contribution < -0.4 is 5.32 Å². The Kier molecular flexibility index (Phi) is 5.90. The minimum atomic E-state index is -1.04. The molecule has 0 aliphatic carbocycles. The first-order valence-electron chi connectivity index (χ1n) is 6.66. The van der Waals surface area contributed by atoms with Gasteiger partial charge in [0.1, 0.15) is 6.04 Å². The molecule has 0 spiro atoms. The second-order valence-corrected chi connectivity index (χ2v) is 4.51. The number of carboxylic acids is 1. The summed E-state index contributed by atoms with van der Waals surface area (Å²) in [5.41, 5.74) is 0.896. The van der Waals surface area contributed by atoms with Gasteiger partial charge in [-0.15, -0.1) is 0 Å². The van der Waals surface area contributed by atoms with E-state index in [0.717, 1.165) is 0 Å². The second-order valence-electron chi connectivity index (χ2n) is 4.51. The normalized spacial score (nSPS) is 11.7. The van der Waals surface area contributed by atoms with Crippen molar-refractivity contribution in [2.24, 2.45) is 0 Å². The number of benzene rings is 1. The van der Waals surface area contributed by atoms with Crippen LogP contribution in [0, 0.1) is 0 Å². The van der Waals surface area contributed by atoms with E-state index >= 15 is 0 Å². The van der Waals surface area contributed by atoms with Gasteiger partial charge in [-0.2, -0.15) is 0 Å². The average molecular weight is 277 g/mol. The summed E-state index contributed by atoms with van der Waals surface area (Å²) in [7, 11) is 0. The molecule has 1 atom stereocenters. The lowest BCUT2D eigenvalue weighted by atomic mass is 10.1. The molecular formula is C15H19NO4. The van der Waals surface area contributed by atoms with E-state index in [4.69, 9.17) is 5.11 Å². The van der Waals surface area contributed by atoms with E-state index < -0.39 is 17.9 Å². The van der Waals surface area contributed by atoms with Gasteiger partial charge in [0.05, 0.1) is 0 Å². The van der Waals surface area contributed by atoms with E-state index in [1.54, 1.807) is 19.1 Å². The lowest BCUT2D eigenvalue weighted by Crippen LogP contribution is -2.40. The van der Waals surface area contributed by atoms with E-state index in [9.17, 15) is 14.4 Å². The van der Waals surface area contributed by atoms with Crippen LogP contribution in [0.1, 0.15) is 53.8 Å². The Morgan fingerprint density at radius 3 is 2.10 bits per heavy atom. The van der Waals surface area contributed by atoms with Crippen LogP contribution in [0.15, 0.2) is 24.3 Å². The van der Waals surface area contributed by atoms with Crippen LogP contribution in [0.5, 0.6) is 0 Å². The van der Waals surface area contributed by atoms with Crippen LogP contribution in [-0.2, 0) is 4.79 Å². The molecule has 0 radical (unpaired) electrons. The van der Waals surface area contributed by atoms with Gasteiger partial charge in [-0.25, -0.2) is 4.79 Å². The molecule has 1 aromatic carbocycles. The number of amides is 1. The SMILES string of the molecule is CCCC(NC(=O)c1ccc(C(=O)CC)cc1)C(=O)O. The highest BCUT2D eigenvalue weighted by Gasteiger charge is 2.19. The predicted octanol–water partition coefficient (Wildman–Crippen LogP) is 2.26. The van der Waals surface area contributed by atoms with Gasteiger partial charge in [-0.3, -0.25) is 9.59 Å². The standard InChI is InChI=1S/C15H19NO4/c1-3-5-12(15(19)20)16-14(18)11-8-6-10(7-9-11)13(17)4-2/h6-9,12H,3-5H2,1-2H3,(H,16,18)(H,19,20). The number of carbonyl (C=O) groups is 3. The van der Waals surface area contributed by atoms with Crippen LogP contribution in [0.3, 0.4) is 0 Å². The Hall–Kier alpha value is -2.17. The number of nitrogens with one attached hydrogen (secondary N) is 1. The first-order valence-corrected chi connectivity index (χ1v) is 6.66. The summed E-state index contributed by atoms with van der Waals surface area (Å²) < 4.78 is 0. The molecule has 0 heterocycles. The van der Waals surface area contributed by atoms with E-state index in [1.807, 2.05) is 6.92 Å². The summed E-state index contributed by atoms with van der Waals surface area (Å²) in [5, 5.41) is 11.5. The van der Waals surface area contributed by atoms with Gasteiger partial charge in [-0.05, 0) is 18.6 Å². The van der Waals surface area contributed by atoms with Crippen molar-refractivity contribution in [1.29, 1.82) is 0 Å². The molecule has 0 aliphatic rings. The van der Waals surface area contributed by atoms with Crippen molar-refractivity contribution in [1.82, 2.24) is 5.32 Å². The Morgan fingerprint density at radius 2 is 1.65 bits per heavy atom. The summed E-state index contributed by atoms with van der Waals surface area (Å²) in [6, 6.07) is 5.34. The van der Waals surface area contributed by atoms with Crippen molar-refractivity contribution in [2.75, 3.05) is 0 Å². The molecular weight excluding hydrogens is 258 g/mol. The Balaban J connectivity index is 2.77. The molecule has 5 nitrogen and oxygen atoms in total. The largest absolute Gasteiger partial charge is 0.480 e. The van der Waals surface area contributed by atoms with Crippen LogP contribution in [0.2, 0.25) is 0 Å². The summed E-state index contributed by atoms with van der Waals surface area (Å²) in [5.74, 6) is -1.48. The third kappa shape index (κ3) is 4.19. The highest BCUT2D eigenvalue weighted by molar-refractivity contribution is 5.99. The summed E-state index contributed by atoms with van der Waals surface area (Å²) in [6.07, 6.45) is 1.46. The highest BCUT2D eigenvalue weighted by atomic mass is 16.4. The Labute approximate surface area is 118 Å². The Morgan fingerprint density at radius 1 is 1.10 bits per heavy atom. The average Bonchev–Trinajstić information content (AvgIpc) is 2.45. The van der Waals surface area contributed by atoms with Crippen LogP contribution in [-0.4, -0.2) is 28.8 Å². The zero-order chi connectivity index (χ0) is 15.1. The van der Waals surface area contributed by atoms with Crippen LogP contribution >= 0.6 is 0 Å². The zero-order valence-corrected chi connectivity index (χ0v) is 11.7. The van der Waals surface area contributed by atoms with Gasteiger partial charge in [0, 0.05) is 17.5 Å². The molecule has 20 heavy (non-hydrogen) atoms. The van der Waals surface area contributed by atoms with Crippen molar-refractivity contribution in [3.63, 3.8) is 0 Å². The molecule has 0 saturated heterocycles. The highest BCUT2D eigenvalue weighted by Crippen LogP contribution is 2.08. The molecule has 1 aromatic rings. The lowest BCUT2D eigenvalue weighted by molar-refractivity contribution is -0.139. The molecule has 108 valence electrons. The third-order valence-corrected chi connectivity index (χ3v) is 2.97. The fraction of sp³-hybridized carbons (Fsp3) is 0.400. The monoisotopic (exact) mass is 277 g/mol. The van der Waals surface area contributed by atoms with Crippen molar-refractivity contribution < 1.29 is 19.5 Å². The van der Waals surface area contributed by atoms with Gasteiger partial charge in [0.15, 0.2) is 5.78 Å². The topological polar surface area (TPSA) is 83.5 Å². The van der Waals surface area contributed by atoms with Gasteiger partial charge in [-0.1, -0.05) is 32.4 Å². The number of aliphatic carboxylic acids is 1. The maximum Gasteiger partial charge on any atom is 0.326 e. The molecule has 0 saturated carbocycles. The fourth-order valence-electron chi connectivity index (χ4n) is 1.80. The predicted molar refractivity (Wildman–Crippen MR) is 74.9 cm³/mol. The molecule has 0 aliphatic heterocycles. The van der Waals surface area contributed by atoms with Gasteiger partial charge in [0.25, 0.3) is 5.91 Å². The number of carboxylic acid groups (broad SMARTS) is 1. The number of hydrogen-bond acceptors (Lipinski definition) is 3. The summed E-state index contributed by atoms with van der Waals surface area (Å²) >= 11 is 0. The molecule has 2 N–H and O–H groups in total. The molecule has 1 amide bonds. The number of ketones is 1. The van der Waals surface area contributed by atoms with Crippen molar-refractivity contribution >= 4 is 17.7 Å². The van der Waals surface area contributed by atoms with Crippen LogP contribution in [0.4, 0.5) is 0 Å². The molecule has 1 unspecified atom stereocenters. The van der Waals surface area contributed by atoms with E-state index in [2.05, 4.69) is 5.32 Å². The van der Waals surface area contributed by atoms with Crippen molar-refractivity contribution in [3.8, 4) is 0 Å². The summed E-state index contributed by atoms with van der Waals surface area (Å²) in [6.45, 7) is 3.62. The number of Topliss-reactive ketones (excluding diaryl/α,β-unsaturated/α-hetero) is 1. The molecule has 0 aromatic heterocycles. The van der Waals surface area contributed by atoms with Crippen molar-refractivity contribution in [3.05, 3.63) is 35.4 Å². The maximum absolute atomic E-state index is 11.9. The quantitative estimate of drug-likeness (QED) is 0.749. The minimum absolute atomic E-state index is 0.00588. The summed E-state index contributed by atoms with van der Waals surface area (Å²) in [4.78, 5) is 34.4. The molecule has 0 fully saturated rings.